The topological polar surface area (TPSA) is 66.0 Å². The molecule has 0 radical (unpaired) electrons. The Morgan fingerprint density at radius 1 is 1.08 bits per heavy atom. The summed E-state index contributed by atoms with van der Waals surface area (Å²) in [5.74, 6) is -0.219. The van der Waals surface area contributed by atoms with E-state index >= 15 is 0 Å². The average Bonchev–Trinajstić information content (AvgIpc) is 2.60. The molecule has 1 saturated carbocycles. The first-order chi connectivity index (χ1) is 11.5. The molecule has 2 aliphatic rings. The molecular weight excluding hydrogens is 310 g/mol. The van der Waals surface area contributed by atoms with E-state index in [0.717, 1.165) is 45.1 Å². The first kappa shape index (κ1) is 19.6. The lowest BCUT2D eigenvalue weighted by Gasteiger charge is -2.34. The molecule has 2 fully saturated rings. The summed E-state index contributed by atoms with van der Waals surface area (Å²) in [4.78, 5) is 11.7. The van der Waals surface area contributed by atoms with Gasteiger partial charge in [0.2, 0.25) is 0 Å². The number of hydrogen-bond acceptors (Lipinski definition) is 6. The maximum atomic E-state index is 11.7. The van der Waals surface area contributed by atoms with E-state index in [4.69, 9.17) is 18.9 Å². The summed E-state index contributed by atoms with van der Waals surface area (Å²) in [5.41, 5.74) is -0.638. The van der Waals surface area contributed by atoms with Crippen LogP contribution in [0.1, 0.15) is 58.8 Å². The highest BCUT2D eigenvalue weighted by Crippen LogP contribution is 2.23. The summed E-state index contributed by atoms with van der Waals surface area (Å²) in [6.45, 7) is 5.76. The van der Waals surface area contributed by atoms with Gasteiger partial charge < -0.3 is 18.9 Å². The molecule has 0 spiro atoms. The zero-order chi connectivity index (χ0) is 17.4. The Morgan fingerprint density at radius 2 is 1.79 bits per heavy atom. The molecule has 1 heterocycles. The molecule has 1 atom stereocenters. The first-order valence-electron chi connectivity index (χ1n) is 9.22. The molecular formula is C18H33NO5. The molecule has 1 N–H and O–H groups in total. The lowest BCUT2D eigenvalue weighted by atomic mass is 9.90. The molecule has 6 heteroatoms. The molecule has 2 rings (SSSR count). The lowest BCUT2D eigenvalue weighted by molar-refractivity contribution is -0.172. The van der Waals surface area contributed by atoms with Gasteiger partial charge in [0.25, 0.3) is 0 Å². The molecule has 6 nitrogen and oxygen atoms in total. The third-order valence-electron chi connectivity index (χ3n) is 4.81. The highest BCUT2D eigenvalue weighted by atomic mass is 16.7. The Kier molecular flexibility index (Phi) is 7.94. The Morgan fingerprint density at radius 3 is 2.42 bits per heavy atom. The summed E-state index contributed by atoms with van der Waals surface area (Å²) in [5, 5.41) is 3.41. The maximum absolute atomic E-state index is 11.7. The second-order valence-electron chi connectivity index (χ2n) is 7.27. The quantitative estimate of drug-likeness (QED) is 0.539. The molecule has 1 unspecified atom stereocenters. The van der Waals surface area contributed by atoms with Gasteiger partial charge in [-0.05, 0) is 58.8 Å². The molecule has 0 amide bonds. The largest absolute Gasteiger partial charge is 0.468 e. The minimum atomic E-state index is -0.638. The van der Waals surface area contributed by atoms with Crippen molar-refractivity contribution < 1.29 is 23.7 Å². The van der Waals surface area contributed by atoms with Gasteiger partial charge in [0.05, 0.1) is 26.4 Å². The molecule has 1 aliphatic heterocycles. The van der Waals surface area contributed by atoms with Crippen LogP contribution in [0.3, 0.4) is 0 Å². The Bertz CT molecular complexity index is 374. The molecule has 0 aromatic heterocycles. The van der Waals surface area contributed by atoms with E-state index in [2.05, 4.69) is 5.32 Å². The summed E-state index contributed by atoms with van der Waals surface area (Å²) in [6, 6.07) is 0.339. The minimum absolute atomic E-state index is 0.0390. The highest BCUT2D eigenvalue weighted by molar-refractivity contribution is 5.79. The van der Waals surface area contributed by atoms with Crippen LogP contribution in [0.5, 0.6) is 0 Å². The van der Waals surface area contributed by atoms with Crippen LogP contribution in [0.15, 0.2) is 0 Å². The molecule has 0 bridgehead atoms. The predicted molar refractivity (Wildman–Crippen MR) is 90.8 cm³/mol. The number of carbonyl (C=O) groups excluding carboxylic acids is 1. The number of carbonyl (C=O) groups is 1. The fourth-order valence-corrected chi connectivity index (χ4v) is 3.44. The van der Waals surface area contributed by atoms with Crippen molar-refractivity contribution in [3.05, 3.63) is 0 Å². The zero-order valence-electron chi connectivity index (χ0n) is 15.3. The predicted octanol–water partition coefficient (Wildman–Crippen LogP) is 2.40. The maximum Gasteiger partial charge on any atom is 0.325 e. The van der Waals surface area contributed by atoms with Gasteiger partial charge in [-0.25, -0.2) is 0 Å². The summed E-state index contributed by atoms with van der Waals surface area (Å²) < 4.78 is 22.0. The Balaban J connectivity index is 1.56. The van der Waals surface area contributed by atoms with Crippen LogP contribution in [0.25, 0.3) is 0 Å². The Hall–Kier alpha value is -0.690. The molecule has 1 aliphatic carbocycles. The van der Waals surface area contributed by atoms with E-state index in [1.165, 1.54) is 13.5 Å². The fourth-order valence-electron chi connectivity index (χ4n) is 3.44. The van der Waals surface area contributed by atoms with Gasteiger partial charge in [0.1, 0.15) is 5.54 Å². The van der Waals surface area contributed by atoms with Crippen molar-refractivity contribution in [2.45, 2.75) is 82.8 Å². The molecule has 0 aromatic rings. The van der Waals surface area contributed by atoms with E-state index in [0.29, 0.717) is 25.4 Å². The van der Waals surface area contributed by atoms with Gasteiger partial charge in [0, 0.05) is 12.6 Å². The second kappa shape index (κ2) is 9.70. The molecule has 140 valence electrons. The van der Waals surface area contributed by atoms with E-state index in [9.17, 15) is 4.79 Å². The van der Waals surface area contributed by atoms with Crippen molar-refractivity contribution in [2.75, 3.05) is 26.9 Å². The second-order valence-corrected chi connectivity index (χ2v) is 7.27. The van der Waals surface area contributed by atoms with Crippen molar-refractivity contribution in [1.82, 2.24) is 5.32 Å². The number of methoxy groups -OCH3 is 1. The molecule has 0 aromatic carbocycles. The third-order valence-corrected chi connectivity index (χ3v) is 4.81. The number of hydrogen-bond donors (Lipinski definition) is 1. The van der Waals surface area contributed by atoms with Crippen LogP contribution >= 0.6 is 0 Å². The third kappa shape index (κ3) is 6.31. The van der Waals surface area contributed by atoms with E-state index in [-0.39, 0.29) is 12.3 Å². The normalized spacial score (nSPS) is 28.5. The summed E-state index contributed by atoms with van der Waals surface area (Å²) in [7, 11) is 1.43. The van der Waals surface area contributed by atoms with Gasteiger partial charge in [-0.15, -0.1) is 0 Å². The van der Waals surface area contributed by atoms with Crippen LogP contribution in [-0.4, -0.2) is 56.9 Å². The zero-order valence-corrected chi connectivity index (χ0v) is 15.3. The lowest BCUT2D eigenvalue weighted by Crippen LogP contribution is -2.53. The van der Waals surface area contributed by atoms with Crippen LogP contribution in [0.2, 0.25) is 0 Å². The average molecular weight is 343 g/mol. The van der Waals surface area contributed by atoms with Crippen molar-refractivity contribution in [3.63, 3.8) is 0 Å². The summed E-state index contributed by atoms with van der Waals surface area (Å²) in [6.07, 6.45) is 7.61. The van der Waals surface area contributed by atoms with Crippen molar-refractivity contribution in [2.24, 2.45) is 0 Å². The van der Waals surface area contributed by atoms with Crippen LogP contribution in [-0.2, 0) is 23.7 Å². The van der Waals surface area contributed by atoms with Crippen molar-refractivity contribution in [3.8, 4) is 0 Å². The standard InChI is InChI=1S/C18H33NO5/c1-18(2,17(20)21-3)19-14-7-9-15(10-8-14)22-12-13-24-16-6-4-5-11-23-16/h14-16,19H,4-13H2,1-3H3/t14-,15-,16?. The monoisotopic (exact) mass is 343 g/mol. The minimum Gasteiger partial charge on any atom is -0.468 e. The van der Waals surface area contributed by atoms with Gasteiger partial charge in [-0.1, -0.05) is 0 Å². The highest BCUT2D eigenvalue weighted by Gasteiger charge is 2.33. The van der Waals surface area contributed by atoms with Crippen LogP contribution < -0.4 is 5.32 Å². The number of rotatable bonds is 8. The summed E-state index contributed by atoms with van der Waals surface area (Å²) >= 11 is 0. The number of nitrogens with one attached hydrogen (secondary N) is 1. The van der Waals surface area contributed by atoms with E-state index in [1.807, 2.05) is 13.8 Å². The Labute approximate surface area is 145 Å². The van der Waals surface area contributed by atoms with Gasteiger partial charge >= 0.3 is 5.97 Å². The fraction of sp³-hybridized carbons (Fsp3) is 0.944. The van der Waals surface area contributed by atoms with E-state index in [1.54, 1.807) is 0 Å². The first-order valence-corrected chi connectivity index (χ1v) is 9.22. The van der Waals surface area contributed by atoms with Crippen LogP contribution in [0, 0.1) is 0 Å². The molecule has 24 heavy (non-hydrogen) atoms. The smallest absolute Gasteiger partial charge is 0.325 e. The number of esters is 1. The van der Waals surface area contributed by atoms with Gasteiger partial charge in [-0.3, -0.25) is 10.1 Å². The van der Waals surface area contributed by atoms with Crippen LogP contribution in [0.4, 0.5) is 0 Å². The van der Waals surface area contributed by atoms with Crippen molar-refractivity contribution >= 4 is 5.97 Å². The van der Waals surface area contributed by atoms with Gasteiger partial charge in [0.15, 0.2) is 6.29 Å². The van der Waals surface area contributed by atoms with Crippen molar-refractivity contribution in [1.29, 1.82) is 0 Å². The molecule has 1 saturated heterocycles. The number of ether oxygens (including phenoxy) is 4. The SMILES string of the molecule is COC(=O)C(C)(C)N[C@H]1CC[C@H](OCCOC2CCCCO2)CC1. The van der Waals surface area contributed by atoms with Gasteiger partial charge in [-0.2, -0.15) is 0 Å². The van der Waals surface area contributed by atoms with E-state index < -0.39 is 5.54 Å².